The van der Waals surface area contributed by atoms with Crippen molar-refractivity contribution in [2.24, 2.45) is 0 Å². The van der Waals surface area contributed by atoms with E-state index in [0.29, 0.717) is 11.8 Å². The molecule has 0 saturated heterocycles. The Kier molecular flexibility index (Phi) is 3.99. The topological polar surface area (TPSA) is 26.3 Å². The van der Waals surface area contributed by atoms with E-state index in [9.17, 15) is 18.0 Å². The third-order valence-corrected chi connectivity index (χ3v) is 2.86. The molecule has 0 fully saturated rings. The molecule has 0 aliphatic heterocycles. The molecule has 0 radical (unpaired) electrons. The van der Waals surface area contributed by atoms with E-state index < -0.39 is 12.1 Å². The number of hydrogen-bond acceptors (Lipinski definition) is 2. The number of alkyl halides is 3. The minimum atomic E-state index is -4.82. The first-order valence-corrected chi connectivity index (χ1v) is 5.88. The summed E-state index contributed by atoms with van der Waals surface area (Å²) in [6, 6.07) is 10.0. The molecule has 0 N–H and O–H groups in total. The molecular weight excluding hydrogens is 293 g/mol. The molecule has 104 valence electrons. The molecule has 20 heavy (non-hydrogen) atoms. The van der Waals surface area contributed by atoms with Crippen molar-refractivity contribution < 1.29 is 22.7 Å². The van der Waals surface area contributed by atoms with Gasteiger partial charge in [0.2, 0.25) is 0 Å². The number of benzene rings is 2. The summed E-state index contributed by atoms with van der Waals surface area (Å²) in [6.45, 7) is 0. The molecule has 0 aliphatic carbocycles. The van der Waals surface area contributed by atoms with Crippen LogP contribution in [-0.2, 0) is 0 Å². The predicted molar refractivity (Wildman–Crippen MR) is 69.0 cm³/mol. The van der Waals surface area contributed by atoms with Crippen LogP contribution in [0.5, 0.6) is 5.75 Å². The van der Waals surface area contributed by atoms with Gasteiger partial charge in [-0.3, -0.25) is 4.79 Å². The highest BCUT2D eigenvalue weighted by molar-refractivity contribution is 6.33. The second kappa shape index (κ2) is 5.54. The highest BCUT2D eigenvalue weighted by Gasteiger charge is 2.32. The highest BCUT2D eigenvalue weighted by Crippen LogP contribution is 2.37. The molecule has 0 saturated carbocycles. The lowest BCUT2D eigenvalue weighted by molar-refractivity contribution is -0.274. The Labute approximate surface area is 117 Å². The standard InChI is InChI=1S/C14H8ClF3O2/c15-12-4-2-1-3-10(12)11-7-9(8-19)5-6-13(11)20-14(16,17)18/h1-8H. The van der Waals surface area contributed by atoms with Crippen molar-refractivity contribution in [2.45, 2.75) is 6.36 Å². The first-order chi connectivity index (χ1) is 9.40. The minimum absolute atomic E-state index is 0.109. The molecule has 2 rings (SSSR count). The lowest BCUT2D eigenvalue weighted by Crippen LogP contribution is -2.17. The van der Waals surface area contributed by atoms with Crippen molar-refractivity contribution in [1.82, 2.24) is 0 Å². The van der Waals surface area contributed by atoms with E-state index in [-0.39, 0.29) is 16.1 Å². The fourth-order valence-electron chi connectivity index (χ4n) is 1.72. The quantitative estimate of drug-likeness (QED) is 0.767. The molecule has 0 aliphatic rings. The summed E-state index contributed by atoms with van der Waals surface area (Å²) in [5, 5.41) is 0.266. The molecule has 0 bridgehead atoms. The Morgan fingerprint density at radius 3 is 2.35 bits per heavy atom. The van der Waals surface area contributed by atoms with Gasteiger partial charge in [-0.2, -0.15) is 0 Å². The molecular formula is C14H8ClF3O2. The summed E-state index contributed by atoms with van der Waals surface area (Å²) in [5.74, 6) is -0.406. The first-order valence-electron chi connectivity index (χ1n) is 5.50. The smallest absolute Gasteiger partial charge is 0.405 e. The van der Waals surface area contributed by atoms with Crippen molar-refractivity contribution in [3.05, 3.63) is 53.1 Å². The zero-order valence-electron chi connectivity index (χ0n) is 9.95. The van der Waals surface area contributed by atoms with Gasteiger partial charge in [0.1, 0.15) is 12.0 Å². The fourth-order valence-corrected chi connectivity index (χ4v) is 1.96. The average molecular weight is 301 g/mol. The number of carbonyl (C=O) groups excluding carboxylic acids is 1. The van der Waals surface area contributed by atoms with Crippen LogP contribution in [0.2, 0.25) is 5.02 Å². The first kappa shape index (κ1) is 14.4. The van der Waals surface area contributed by atoms with Gasteiger partial charge in [0.15, 0.2) is 0 Å². The number of halogens is 4. The van der Waals surface area contributed by atoms with Crippen LogP contribution in [0.3, 0.4) is 0 Å². The Hall–Kier alpha value is -2.01. The summed E-state index contributed by atoms with van der Waals surface area (Å²) >= 11 is 5.97. The summed E-state index contributed by atoms with van der Waals surface area (Å²) in [5.41, 5.74) is 0.698. The molecule has 0 aromatic heterocycles. The van der Waals surface area contributed by atoms with Crippen LogP contribution in [0.15, 0.2) is 42.5 Å². The van der Waals surface area contributed by atoms with Gasteiger partial charge in [0, 0.05) is 21.7 Å². The lowest BCUT2D eigenvalue weighted by Gasteiger charge is -2.14. The number of ether oxygens (including phenoxy) is 1. The maximum absolute atomic E-state index is 12.4. The van der Waals surface area contributed by atoms with Crippen molar-refractivity contribution in [2.75, 3.05) is 0 Å². The molecule has 0 atom stereocenters. The van der Waals surface area contributed by atoms with E-state index in [4.69, 9.17) is 11.6 Å². The van der Waals surface area contributed by atoms with Gasteiger partial charge in [0.05, 0.1) is 0 Å². The third-order valence-electron chi connectivity index (χ3n) is 2.53. The Morgan fingerprint density at radius 1 is 1.05 bits per heavy atom. The predicted octanol–water partition coefficient (Wildman–Crippen LogP) is 4.72. The number of aldehydes is 1. The second-order valence-electron chi connectivity index (χ2n) is 3.90. The molecule has 0 heterocycles. The number of rotatable bonds is 3. The maximum atomic E-state index is 12.4. The second-order valence-corrected chi connectivity index (χ2v) is 4.31. The van der Waals surface area contributed by atoms with E-state index >= 15 is 0 Å². The average Bonchev–Trinajstić information content (AvgIpc) is 2.38. The molecule has 2 aromatic carbocycles. The maximum Gasteiger partial charge on any atom is 0.573 e. The van der Waals surface area contributed by atoms with Gasteiger partial charge in [0.25, 0.3) is 0 Å². The van der Waals surface area contributed by atoms with Gasteiger partial charge in [-0.15, -0.1) is 13.2 Å². The van der Waals surface area contributed by atoms with Gasteiger partial charge < -0.3 is 4.74 Å². The van der Waals surface area contributed by atoms with Crippen LogP contribution in [0, 0.1) is 0 Å². The molecule has 2 aromatic rings. The van der Waals surface area contributed by atoms with Crippen molar-refractivity contribution in [1.29, 1.82) is 0 Å². The number of hydrogen-bond donors (Lipinski definition) is 0. The normalized spacial score (nSPS) is 11.2. The summed E-state index contributed by atoms with van der Waals surface area (Å²) < 4.78 is 41.2. The third kappa shape index (κ3) is 3.30. The Morgan fingerprint density at radius 2 is 1.75 bits per heavy atom. The van der Waals surface area contributed by atoms with Crippen LogP contribution < -0.4 is 4.74 Å². The molecule has 0 spiro atoms. The van der Waals surface area contributed by atoms with E-state index in [1.807, 2.05) is 0 Å². The van der Waals surface area contributed by atoms with Gasteiger partial charge in [-0.05, 0) is 24.3 Å². The zero-order valence-corrected chi connectivity index (χ0v) is 10.7. The van der Waals surface area contributed by atoms with Crippen LogP contribution in [0.4, 0.5) is 13.2 Å². The Balaban J connectivity index is 2.59. The molecule has 6 heteroatoms. The van der Waals surface area contributed by atoms with E-state index in [2.05, 4.69) is 4.74 Å². The monoisotopic (exact) mass is 300 g/mol. The number of carbonyl (C=O) groups is 1. The highest BCUT2D eigenvalue weighted by atomic mass is 35.5. The van der Waals surface area contributed by atoms with Crippen LogP contribution in [0.25, 0.3) is 11.1 Å². The van der Waals surface area contributed by atoms with Crippen LogP contribution >= 0.6 is 11.6 Å². The van der Waals surface area contributed by atoms with E-state index in [1.54, 1.807) is 24.3 Å². The van der Waals surface area contributed by atoms with E-state index in [0.717, 1.165) is 6.07 Å². The molecule has 0 unspecified atom stereocenters. The molecule has 2 nitrogen and oxygen atoms in total. The summed E-state index contributed by atoms with van der Waals surface area (Å²) in [7, 11) is 0. The van der Waals surface area contributed by atoms with Gasteiger partial charge in [-0.1, -0.05) is 29.8 Å². The largest absolute Gasteiger partial charge is 0.573 e. The molecule has 0 amide bonds. The van der Waals surface area contributed by atoms with Crippen molar-refractivity contribution >= 4 is 17.9 Å². The van der Waals surface area contributed by atoms with Gasteiger partial charge >= 0.3 is 6.36 Å². The van der Waals surface area contributed by atoms with Crippen molar-refractivity contribution in [3.8, 4) is 16.9 Å². The van der Waals surface area contributed by atoms with Gasteiger partial charge in [-0.25, -0.2) is 0 Å². The Bertz CT molecular complexity index is 639. The van der Waals surface area contributed by atoms with E-state index in [1.165, 1.54) is 12.1 Å². The fraction of sp³-hybridized carbons (Fsp3) is 0.0714. The van der Waals surface area contributed by atoms with Crippen LogP contribution in [-0.4, -0.2) is 12.6 Å². The SMILES string of the molecule is O=Cc1ccc(OC(F)(F)F)c(-c2ccccc2Cl)c1. The summed E-state index contributed by atoms with van der Waals surface area (Å²) in [4.78, 5) is 10.8. The zero-order chi connectivity index (χ0) is 14.8. The minimum Gasteiger partial charge on any atom is -0.405 e. The summed E-state index contributed by atoms with van der Waals surface area (Å²) in [6.07, 6.45) is -4.28. The van der Waals surface area contributed by atoms with Crippen LogP contribution in [0.1, 0.15) is 10.4 Å². The van der Waals surface area contributed by atoms with Crippen molar-refractivity contribution in [3.63, 3.8) is 0 Å². The lowest BCUT2D eigenvalue weighted by atomic mass is 10.0.